The maximum Gasteiger partial charge on any atom is -0.0316 e. The van der Waals surface area contributed by atoms with Gasteiger partial charge in [0.1, 0.15) is 0 Å². The first kappa shape index (κ1) is 25.8. The van der Waals surface area contributed by atoms with E-state index in [9.17, 15) is 0 Å². The Morgan fingerprint density at radius 3 is 0.250 bits per heavy atom. The average molecular weight is 391 g/mol. The molecule has 166 valence electrons. The normalized spacial score (nSPS) is 23.4. The number of hydrogen-bond donors (Lipinski definition) is 0. The van der Waals surface area contributed by atoms with Gasteiger partial charge in [0.25, 0.3) is 0 Å². The Hall–Kier alpha value is -0.260. The smallest absolute Gasteiger partial charge is 0.0316 e. The van der Waals surface area contributed by atoms with E-state index in [1.54, 1.807) is 0 Å². The summed E-state index contributed by atoms with van der Waals surface area (Å²) in [7, 11) is 0. The molecule has 0 amide bonds. The molecule has 0 radical (unpaired) electrons. The molecule has 0 heterocycles. The van der Waals surface area contributed by atoms with Gasteiger partial charge in [0.15, 0.2) is 0 Å². The van der Waals surface area contributed by atoms with Gasteiger partial charge in [-0.25, -0.2) is 0 Å². The van der Waals surface area contributed by atoms with Gasteiger partial charge < -0.3 is 0 Å². The SMILES string of the molecule is C1=CCC1.C1CCC1.C1CCC1.C1CCC1.C1CCC1.C1CCC1.C1CCC1. The first-order valence-electron chi connectivity index (χ1n) is 13.6. The second-order valence-electron chi connectivity index (χ2n) is 9.53. The molecule has 0 nitrogen and oxygen atoms in total. The lowest BCUT2D eigenvalue weighted by molar-refractivity contribution is 0.504. The van der Waals surface area contributed by atoms with Crippen molar-refractivity contribution in [2.45, 2.75) is 167 Å². The second-order valence-corrected chi connectivity index (χ2v) is 9.53. The summed E-state index contributed by atoms with van der Waals surface area (Å²) in [5, 5.41) is 0. The summed E-state index contributed by atoms with van der Waals surface area (Å²) >= 11 is 0. The third kappa shape index (κ3) is 20.5. The van der Waals surface area contributed by atoms with Gasteiger partial charge in [-0.15, -0.1) is 0 Å². The van der Waals surface area contributed by atoms with Crippen LogP contribution >= 0.6 is 0 Å². The lowest BCUT2D eigenvalue weighted by atomic mass is 10.0. The lowest BCUT2D eigenvalue weighted by Gasteiger charge is -2.05. The van der Waals surface area contributed by atoms with Crippen molar-refractivity contribution in [3.63, 3.8) is 0 Å². The van der Waals surface area contributed by atoms with Crippen LogP contribution in [0.15, 0.2) is 12.2 Å². The monoisotopic (exact) mass is 390 g/mol. The Morgan fingerprint density at radius 1 is 0.179 bits per heavy atom. The van der Waals surface area contributed by atoms with Gasteiger partial charge in [0, 0.05) is 0 Å². The maximum atomic E-state index is 2.18. The summed E-state index contributed by atoms with van der Waals surface area (Å²) in [6, 6.07) is 0. The molecule has 0 aromatic carbocycles. The molecule has 6 saturated carbocycles. The molecule has 7 aliphatic carbocycles. The van der Waals surface area contributed by atoms with Gasteiger partial charge in [-0.3, -0.25) is 0 Å². The van der Waals surface area contributed by atoms with E-state index < -0.39 is 0 Å². The Morgan fingerprint density at radius 2 is 0.250 bits per heavy atom. The molecule has 0 aromatic heterocycles. The van der Waals surface area contributed by atoms with Gasteiger partial charge in [-0.1, -0.05) is 166 Å². The Bertz CT molecular complexity index is 187. The van der Waals surface area contributed by atoms with Crippen LogP contribution in [-0.4, -0.2) is 0 Å². The van der Waals surface area contributed by atoms with E-state index in [1.807, 2.05) is 0 Å². The largest absolute Gasteiger partial charge is 0.0882 e. The van der Waals surface area contributed by atoms with E-state index in [0.29, 0.717) is 0 Å². The lowest BCUT2D eigenvalue weighted by Crippen LogP contribution is -1.85. The van der Waals surface area contributed by atoms with E-state index in [-0.39, 0.29) is 0 Å². The number of rotatable bonds is 0. The molecule has 0 spiro atoms. The molecule has 0 aromatic rings. The zero-order chi connectivity index (χ0) is 19.8. The highest BCUT2D eigenvalue weighted by Crippen LogP contribution is 2.17. The standard InChI is InChI=1S/6C4H8.C4H6/c7*1-2-4-3-1/h6*1-4H2;1-2H,3-4H2. The van der Waals surface area contributed by atoms with Crippen molar-refractivity contribution < 1.29 is 0 Å². The van der Waals surface area contributed by atoms with Crippen molar-refractivity contribution in [2.24, 2.45) is 0 Å². The van der Waals surface area contributed by atoms with Crippen molar-refractivity contribution in [1.82, 2.24) is 0 Å². The Balaban J connectivity index is 0.000000163. The summed E-state index contributed by atoms with van der Waals surface area (Å²) in [4.78, 5) is 0. The van der Waals surface area contributed by atoms with Crippen LogP contribution in [0.25, 0.3) is 0 Å². The molecule has 0 bridgehead atoms. The molecule has 28 heavy (non-hydrogen) atoms. The Labute approximate surface area is 179 Å². The molecule has 0 unspecified atom stereocenters. The zero-order valence-corrected chi connectivity index (χ0v) is 19.5. The third-order valence-electron chi connectivity index (χ3n) is 6.67. The minimum absolute atomic E-state index is 1.32. The van der Waals surface area contributed by atoms with E-state index >= 15 is 0 Å². The van der Waals surface area contributed by atoms with Gasteiger partial charge in [-0.2, -0.15) is 0 Å². The average Bonchev–Trinajstić information content (AvgIpc) is 2.06. The van der Waals surface area contributed by atoms with Gasteiger partial charge >= 0.3 is 0 Å². The molecule has 6 fully saturated rings. The molecule has 7 aliphatic rings. The van der Waals surface area contributed by atoms with Crippen LogP contribution in [0.2, 0.25) is 0 Å². The van der Waals surface area contributed by atoms with Crippen LogP contribution in [0.1, 0.15) is 167 Å². The fraction of sp³-hybridized carbons (Fsp3) is 0.929. The summed E-state index contributed by atoms with van der Waals surface area (Å²) in [6.07, 6.45) is 43.0. The van der Waals surface area contributed by atoms with Crippen molar-refractivity contribution in [3.05, 3.63) is 12.2 Å². The van der Waals surface area contributed by atoms with Crippen LogP contribution in [0, 0.1) is 0 Å². The van der Waals surface area contributed by atoms with E-state index in [1.165, 1.54) is 167 Å². The molecule has 0 N–H and O–H groups in total. The maximum absolute atomic E-state index is 2.18. The van der Waals surface area contributed by atoms with Crippen LogP contribution in [0.3, 0.4) is 0 Å². The predicted molar refractivity (Wildman–Crippen MR) is 129 cm³/mol. The highest BCUT2D eigenvalue weighted by molar-refractivity contribution is 4.93. The molecule has 0 aliphatic heterocycles. The first-order valence-corrected chi connectivity index (χ1v) is 13.6. The highest BCUT2D eigenvalue weighted by Gasteiger charge is 1.97. The van der Waals surface area contributed by atoms with E-state index in [2.05, 4.69) is 12.2 Å². The fourth-order valence-corrected chi connectivity index (χ4v) is 1.67. The van der Waals surface area contributed by atoms with Crippen molar-refractivity contribution in [3.8, 4) is 0 Å². The van der Waals surface area contributed by atoms with Gasteiger partial charge in [-0.05, 0) is 12.8 Å². The minimum atomic E-state index is 1.32. The fourth-order valence-electron chi connectivity index (χ4n) is 1.67. The number of hydrogen-bond acceptors (Lipinski definition) is 0. The van der Waals surface area contributed by atoms with Crippen molar-refractivity contribution >= 4 is 0 Å². The van der Waals surface area contributed by atoms with Gasteiger partial charge in [0.05, 0.1) is 0 Å². The van der Waals surface area contributed by atoms with Crippen molar-refractivity contribution in [1.29, 1.82) is 0 Å². The van der Waals surface area contributed by atoms with E-state index in [4.69, 9.17) is 0 Å². The molecular formula is C28H54. The van der Waals surface area contributed by atoms with Crippen LogP contribution in [-0.2, 0) is 0 Å². The Kier molecular flexibility index (Phi) is 21.2. The predicted octanol–water partition coefficient (Wildman–Crippen LogP) is 10.7. The first-order chi connectivity index (χ1) is 14.0. The summed E-state index contributed by atoms with van der Waals surface area (Å²) < 4.78 is 0. The summed E-state index contributed by atoms with van der Waals surface area (Å²) in [5.74, 6) is 0. The van der Waals surface area contributed by atoms with E-state index in [0.717, 1.165) is 0 Å². The summed E-state index contributed by atoms with van der Waals surface area (Å²) in [6.45, 7) is 0. The topological polar surface area (TPSA) is 0 Å². The van der Waals surface area contributed by atoms with Crippen LogP contribution < -0.4 is 0 Å². The third-order valence-corrected chi connectivity index (χ3v) is 6.67. The molecule has 0 atom stereocenters. The molecule has 7 rings (SSSR count). The minimum Gasteiger partial charge on any atom is -0.0882 e. The van der Waals surface area contributed by atoms with Crippen LogP contribution in [0.4, 0.5) is 0 Å². The second kappa shape index (κ2) is 23.0. The highest BCUT2D eigenvalue weighted by atomic mass is 14.0. The molecular weight excluding hydrogens is 336 g/mol. The van der Waals surface area contributed by atoms with Crippen LogP contribution in [0.5, 0.6) is 0 Å². The number of allylic oxidation sites excluding steroid dienone is 2. The van der Waals surface area contributed by atoms with Gasteiger partial charge in [0.2, 0.25) is 0 Å². The van der Waals surface area contributed by atoms with Crippen molar-refractivity contribution in [2.75, 3.05) is 0 Å². The molecule has 0 saturated heterocycles. The molecule has 0 heteroatoms. The quantitative estimate of drug-likeness (QED) is 0.361. The zero-order valence-electron chi connectivity index (χ0n) is 19.5. The summed E-state index contributed by atoms with van der Waals surface area (Å²) in [5.41, 5.74) is 0.